The van der Waals surface area contributed by atoms with Gasteiger partial charge in [0.25, 0.3) is 0 Å². The Kier molecular flexibility index (Phi) is 7.20. The van der Waals surface area contributed by atoms with Gasteiger partial charge in [-0.05, 0) is 72.9 Å². The van der Waals surface area contributed by atoms with Crippen molar-refractivity contribution in [1.29, 1.82) is 0 Å². The zero-order valence-electron chi connectivity index (χ0n) is 18.2. The van der Waals surface area contributed by atoms with Crippen molar-refractivity contribution < 1.29 is 13.6 Å². The fourth-order valence-corrected chi connectivity index (χ4v) is 6.12. The van der Waals surface area contributed by atoms with Crippen LogP contribution in [0.15, 0.2) is 48.5 Å². The molecule has 2 aromatic carbocycles. The number of hydrogen-bond donors (Lipinski definition) is 0. The summed E-state index contributed by atoms with van der Waals surface area (Å²) in [5.41, 5.74) is 2.74. The highest BCUT2D eigenvalue weighted by Crippen LogP contribution is 2.48. The Balaban J connectivity index is 1.39. The summed E-state index contributed by atoms with van der Waals surface area (Å²) in [6.07, 6.45) is 13.4. The minimum absolute atomic E-state index is 0.335. The van der Waals surface area contributed by atoms with Gasteiger partial charge >= 0.3 is 7.60 Å². The summed E-state index contributed by atoms with van der Waals surface area (Å²) in [4.78, 5) is 0. The Labute approximate surface area is 181 Å². The standard InChI is InChI=1S/C26H35O3P/c1-2-30(27,28-25-17-13-23(14-18-25)21-9-5-3-6-10-21)29-26-19-15-24(16-20-26)22-11-7-4-8-12-22/h13-22H,2-12H2,1H3. The van der Waals surface area contributed by atoms with Gasteiger partial charge < -0.3 is 9.05 Å². The summed E-state index contributed by atoms with van der Waals surface area (Å²) in [6, 6.07) is 16.3. The second kappa shape index (κ2) is 10.1. The molecule has 2 aliphatic carbocycles. The van der Waals surface area contributed by atoms with Crippen LogP contribution in [0, 0.1) is 0 Å². The van der Waals surface area contributed by atoms with E-state index in [0.29, 0.717) is 29.5 Å². The first-order chi connectivity index (χ1) is 14.6. The molecule has 0 aliphatic heterocycles. The van der Waals surface area contributed by atoms with Crippen LogP contribution in [0.3, 0.4) is 0 Å². The van der Waals surface area contributed by atoms with Crippen molar-refractivity contribution in [3.8, 4) is 11.5 Å². The maximum absolute atomic E-state index is 13.2. The predicted molar refractivity (Wildman–Crippen MR) is 124 cm³/mol. The number of benzene rings is 2. The van der Waals surface area contributed by atoms with Crippen LogP contribution in [-0.4, -0.2) is 6.16 Å². The average Bonchev–Trinajstić information content (AvgIpc) is 2.81. The first-order valence-corrected chi connectivity index (χ1v) is 13.6. The lowest BCUT2D eigenvalue weighted by Crippen LogP contribution is -2.06. The molecule has 0 radical (unpaired) electrons. The van der Waals surface area contributed by atoms with E-state index in [0.717, 1.165) is 0 Å². The summed E-state index contributed by atoms with van der Waals surface area (Å²) in [5, 5.41) is 0. The average molecular weight is 427 g/mol. The second-order valence-electron chi connectivity index (χ2n) is 8.92. The van der Waals surface area contributed by atoms with E-state index in [9.17, 15) is 4.57 Å². The van der Waals surface area contributed by atoms with Gasteiger partial charge in [0.15, 0.2) is 0 Å². The molecule has 0 bridgehead atoms. The van der Waals surface area contributed by atoms with Crippen LogP contribution >= 0.6 is 7.60 Å². The van der Waals surface area contributed by atoms with Crippen molar-refractivity contribution >= 4 is 7.60 Å². The summed E-state index contributed by atoms with van der Waals surface area (Å²) < 4.78 is 25.0. The Morgan fingerprint density at radius 2 is 1.03 bits per heavy atom. The van der Waals surface area contributed by atoms with Crippen molar-refractivity contribution in [3.63, 3.8) is 0 Å². The first kappa shape index (κ1) is 21.5. The Hall–Kier alpha value is -1.73. The molecule has 0 amide bonds. The van der Waals surface area contributed by atoms with E-state index >= 15 is 0 Å². The molecule has 0 aromatic heterocycles. The largest absolute Gasteiger partial charge is 0.430 e. The molecule has 2 aliphatic rings. The van der Waals surface area contributed by atoms with Crippen LogP contribution in [0.1, 0.15) is 94.1 Å². The molecule has 0 unspecified atom stereocenters. The molecule has 0 N–H and O–H groups in total. The molecule has 30 heavy (non-hydrogen) atoms. The molecule has 4 heteroatoms. The minimum atomic E-state index is -3.24. The van der Waals surface area contributed by atoms with Crippen molar-refractivity contribution in [1.82, 2.24) is 0 Å². The zero-order valence-corrected chi connectivity index (χ0v) is 19.1. The van der Waals surface area contributed by atoms with Gasteiger partial charge in [-0.15, -0.1) is 0 Å². The highest BCUT2D eigenvalue weighted by atomic mass is 31.2. The van der Waals surface area contributed by atoms with Gasteiger partial charge in [-0.2, -0.15) is 0 Å². The van der Waals surface area contributed by atoms with Crippen LogP contribution in [0.4, 0.5) is 0 Å². The van der Waals surface area contributed by atoms with Gasteiger partial charge in [0.1, 0.15) is 11.5 Å². The third-order valence-electron chi connectivity index (χ3n) is 6.79. The monoisotopic (exact) mass is 426 g/mol. The van der Waals surface area contributed by atoms with Crippen molar-refractivity contribution in [2.24, 2.45) is 0 Å². The molecule has 0 saturated heterocycles. The zero-order chi connectivity index (χ0) is 20.8. The molecule has 3 nitrogen and oxygen atoms in total. The molecular formula is C26H35O3P. The highest BCUT2D eigenvalue weighted by molar-refractivity contribution is 7.54. The SMILES string of the molecule is CCP(=O)(Oc1ccc(C2CCCCC2)cc1)Oc1ccc(C2CCCCC2)cc1. The molecule has 0 heterocycles. The van der Waals surface area contributed by atoms with Crippen molar-refractivity contribution in [2.75, 3.05) is 6.16 Å². The third-order valence-corrected chi connectivity index (χ3v) is 8.54. The number of rotatable bonds is 7. The van der Waals surface area contributed by atoms with E-state index < -0.39 is 7.60 Å². The van der Waals surface area contributed by atoms with Crippen LogP contribution in [-0.2, 0) is 4.57 Å². The summed E-state index contributed by atoms with van der Waals surface area (Å²) in [5.74, 6) is 2.56. The molecule has 2 fully saturated rings. The van der Waals surface area contributed by atoms with Crippen LogP contribution < -0.4 is 9.05 Å². The summed E-state index contributed by atoms with van der Waals surface area (Å²) >= 11 is 0. The van der Waals surface area contributed by atoms with Gasteiger partial charge in [-0.25, -0.2) is 4.57 Å². The van der Waals surface area contributed by atoms with Gasteiger partial charge in [-0.1, -0.05) is 69.7 Å². The Bertz CT molecular complexity index is 764. The first-order valence-electron chi connectivity index (χ1n) is 11.8. The topological polar surface area (TPSA) is 35.5 Å². The fourth-order valence-electron chi connectivity index (χ4n) is 4.94. The smallest absolute Gasteiger partial charge is 0.416 e. The van der Waals surface area contributed by atoms with Crippen LogP contribution in [0.25, 0.3) is 0 Å². The van der Waals surface area contributed by atoms with Crippen LogP contribution in [0.2, 0.25) is 0 Å². The molecule has 0 atom stereocenters. The Morgan fingerprint density at radius 3 is 1.37 bits per heavy atom. The molecule has 162 valence electrons. The van der Waals surface area contributed by atoms with E-state index in [1.54, 1.807) is 0 Å². The molecular weight excluding hydrogens is 391 g/mol. The number of hydrogen-bond acceptors (Lipinski definition) is 3. The minimum Gasteiger partial charge on any atom is -0.416 e. The Morgan fingerprint density at radius 1 is 0.667 bits per heavy atom. The van der Waals surface area contributed by atoms with Crippen molar-refractivity contribution in [3.05, 3.63) is 59.7 Å². The lowest BCUT2D eigenvalue weighted by atomic mass is 9.84. The normalized spacial score (nSPS) is 18.8. The fraction of sp³-hybridized carbons (Fsp3) is 0.538. The molecule has 0 spiro atoms. The molecule has 2 aromatic rings. The third kappa shape index (κ3) is 5.49. The lowest BCUT2D eigenvalue weighted by Gasteiger charge is -2.23. The highest BCUT2D eigenvalue weighted by Gasteiger charge is 2.26. The van der Waals surface area contributed by atoms with E-state index in [1.165, 1.54) is 75.3 Å². The summed E-state index contributed by atoms with van der Waals surface area (Å²) in [6.45, 7) is 1.85. The lowest BCUT2D eigenvalue weighted by molar-refractivity contribution is 0.387. The van der Waals surface area contributed by atoms with Gasteiger partial charge in [0, 0.05) is 0 Å². The van der Waals surface area contributed by atoms with Gasteiger partial charge in [0.05, 0.1) is 6.16 Å². The van der Waals surface area contributed by atoms with E-state index in [4.69, 9.17) is 9.05 Å². The second-order valence-corrected chi connectivity index (χ2v) is 11.1. The van der Waals surface area contributed by atoms with E-state index in [-0.39, 0.29) is 0 Å². The van der Waals surface area contributed by atoms with Crippen molar-refractivity contribution in [2.45, 2.75) is 83.0 Å². The van der Waals surface area contributed by atoms with Crippen LogP contribution in [0.5, 0.6) is 11.5 Å². The predicted octanol–water partition coefficient (Wildman–Crippen LogP) is 8.45. The quantitative estimate of drug-likeness (QED) is 0.417. The van der Waals surface area contributed by atoms with Gasteiger partial charge in [-0.3, -0.25) is 0 Å². The maximum atomic E-state index is 13.2. The molecule has 4 rings (SSSR count). The molecule has 2 saturated carbocycles. The van der Waals surface area contributed by atoms with E-state index in [1.807, 2.05) is 31.2 Å². The van der Waals surface area contributed by atoms with E-state index in [2.05, 4.69) is 24.3 Å². The maximum Gasteiger partial charge on any atom is 0.430 e. The van der Waals surface area contributed by atoms with Gasteiger partial charge in [0.2, 0.25) is 0 Å². The summed E-state index contributed by atoms with van der Waals surface area (Å²) in [7, 11) is -3.24.